The standard InChI is InChI=1S/C21H24N8OS/c1-3-28-21(30)27(2)18-12-22-20(24-19(18)29(28)16-6-4-5-7-16)23-15-10-8-14(9-11-15)17-13-31-26-25-17/h8-13,16H,3-7H2,1-2H3,(H,22,23,24). The van der Waals surface area contributed by atoms with Crippen molar-refractivity contribution in [3.8, 4) is 11.3 Å². The zero-order valence-corrected chi connectivity index (χ0v) is 18.3. The molecule has 10 heteroatoms. The van der Waals surface area contributed by atoms with E-state index in [1.165, 1.54) is 24.4 Å². The molecule has 0 radical (unpaired) electrons. The first-order valence-corrected chi connectivity index (χ1v) is 11.3. The van der Waals surface area contributed by atoms with Crippen LogP contribution < -0.4 is 15.2 Å². The Balaban J connectivity index is 1.45. The predicted molar refractivity (Wildman–Crippen MR) is 122 cm³/mol. The molecule has 3 heterocycles. The lowest BCUT2D eigenvalue weighted by atomic mass is 10.1. The van der Waals surface area contributed by atoms with Crippen molar-refractivity contribution >= 4 is 40.7 Å². The van der Waals surface area contributed by atoms with E-state index in [-0.39, 0.29) is 12.1 Å². The van der Waals surface area contributed by atoms with E-state index in [1.54, 1.807) is 23.2 Å². The number of benzene rings is 1. The van der Waals surface area contributed by atoms with Gasteiger partial charge in [0.2, 0.25) is 5.95 Å². The Morgan fingerprint density at radius 1 is 1.19 bits per heavy atom. The molecule has 1 aliphatic carbocycles. The van der Waals surface area contributed by atoms with E-state index < -0.39 is 0 Å². The molecule has 0 bridgehead atoms. The van der Waals surface area contributed by atoms with Crippen LogP contribution >= 0.6 is 11.5 Å². The SMILES string of the molecule is CCN1C(=O)N(C)c2cnc(Nc3ccc(-c4csnn4)cc3)nc2N1C1CCCC1. The maximum absolute atomic E-state index is 12.9. The molecule has 3 aromatic rings. The summed E-state index contributed by atoms with van der Waals surface area (Å²) >= 11 is 1.33. The molecule has 1 fully saturated rings. The number of urea groups is 1. The Bertz CT molecular complexity index is 1070. The number of anilines is 4. The van der Waals surface area contributed by atoms with Gasteiger partial charge in [0.15, 0.2) is 5.82 Å². The summed E-state index contributed by atoms with van der Waals surface area (Å²) in [6.45, 7) is 2.59. The Labute approximate surface area is 184 Å². The minimum absolute atomic E-state index is 0.0432. The van der Waals surface area contributed by atoms with Crippen molar-refractivity contribution in [1.82, 2.24) is 24.6 Å². The van der Waals surface area contributed by atoms with Crippen LogP contribution in [0.15, 0.2) is 35.8 Å². The lowest BCUT2D eigenvalue weighted by Gasteiger charge is -2.45. The van der Waals surface area contributed by atoms with Crippen LogP contribution in [0.3, 0.4) is 0 Å². The third kappa shape index (κ3) is 3.56. The molecular weight excluding hydrogens is 412 g/mol. The Morgan fingerprint density at radius 2 is 1.97 bits per heavy atom. The summed E-state index contributed by atoms with van der Waals surface area (Å²) in [5, 5.41) is 13.2. The summed E-state index contributed by atoms with van der Waals surface area (Å²) in [6.07, 6.45) is 6.20. The van der Waals surface area contributed by atoms with E-state index in [0.29, 0.717) is 12.5 Å². The number of carbonyl (C=O) groups is 1. The number of hydrogen-bond donors (Lipinski definition) is 1. The van der Waals surface area contributed by atoms with Gasteiger partial charge >= 0.3 is 6.03 Å². The highest BCUT2D eigenvalue weighted by molar-refractivity contribution is 7.03. The minimum Gasteiger partial charge on any atom is -0.324 e. The molecule has 5 rings (SSSR count). The van der Waals surface area contributed by atoms with E-state index in [0.717, 1.165) is 41.3 Å². The van der Waals surface area contributed by atoms with Gasteiger partial charge in [-0.3, -0.25) is 9.91 Å². The van der Waals surface area contributed by atoms with Crippen LogP contribution in [0.1, 0.15) is 32.6 Å². The Hall–Kier alpha value is -3.27. The van der Waals surface area contributed by atoms with Gasteiger partial charge < -0.3 is 5.32 Å². The number of carbonyl (C=O) groups excluding carboxylic acids is 1. The van der Waals surface area contributed by atoms with E-state index in [4.69, 9.17) is 4.98 Å². The predicted octanol–water partition coefficient (Wildman–Crippen LogP) is 4.29. The molecule has 1 aromatic carbocycles. The number of hydrogen-bond acceptors (Lipinski definition) is 8. The van der Waals surface area contributed by atoms with Crippen molar-refractivity contribution in [2.75, 3.05) is 28.8 Å². The average Bonchev–Trinajstić information content (AvgIpc) is 3.51. The van der Waals surface area contributed by atoms with E-state index >= 15 is 0 Å². The number of aromatic nitrogens is 4. The maximum atomic E-state index is 12.9. The zero-order valence-electron chi connectivity index (χ0n) is 17.5. The molecule has 0 unspecified atom stereocenters. The quantitative estimate of drug-likeness (QED) is 0.638. The van der Waals surface area contributed by atoms with Gasteiger partial charge in [0, 0.05) is 30.2 Å². The van der Waals surface area contributed by atoms with Gasteiger partial charge in [0.1, 0.15) is 11.4 Å². The highest BCUT2D eigenvalue weighted by Gasteiger charge is 2.39. The topological polar surface area (TPSA) is 90.4 Å². The summed E-state index contributed by atoms with van der Waals surface area (Å²) in [6, 6.07) is 8.17. The number of nitrogens with one attached hydrogen (secondary N) is 1. The van der Waals surface area contributed by atoms with Gasteiger partial charge in [-0.25, -0.2) is 14.8 Å². The molecule has 1 N–H and O–H groups in total. The summed E-state index contributed by atoms with van der Waals surface area (Å²) in [5.41, 5.74) is 3.49. The van der Waals surface area contributed by atoms with Crippen LogP contribution in [0.2, 0.25) is 0 Å². The van der Waals surface area contributed by atoms with Gasteiger partial charge in [-0.05, 0) is 43.4 Å². The number of rotatable bonds is 5. The number of hydrazine groups is 1. The van der Waals surface area contributed by atoms with Gasteiger partial charge in [0.05, 0.1) is 12.2 Å². The first-order chi connectivity index (χ1) is 15.2. The Morgan fingerprint density at radius 3 is 2.65 bits per heavy atom. The fraction of sp³-hybridized carbons (Fsp3) is 0.381. The summed E-state index contributed by atoms with van der Waals surface area (Å²) in [4.78, 5) is 23.9. The van der Waals surface area contributed by atoms with Crippen LogP contribution in [0.25, 0.3) is 11.3 Å². The monoisotopic (exact) mass is 436 g/mol. The number of nitrogens with zero attached hydrogens (tertiary/aromatic N) is 7. The van der Waals surface area contributed by atoms with E-state index in [9.17, 15) is 4.79 Å². The van der Waals surface area contributed by atoms with E-state index in [2.05, 4.69) is 24.9 Å². The molecule has 0 atom stereocenters. The second-order valence-electron chi connectivity index (χ2n) is 7.74. The molecule has 1 aliphatic heterocycles. The van der Waals surface area contributed by atoms with Crippen LogP contribution in [0.4, 0.5) is 27.9 Å². The lowest BCUT2D eigenvalue weighted by molar-refractivity contribution is 0.191. The summed E-state index contributed by atoms with van der Waals surface area (Å²) < 4.78 is 3.91. The molecule has 31 heavy (non-hydrogen) atoms. The highest BCUT2D eigenvalue weighted by Crippen LogP contribution is 2.38. The second kappa shape index (κ2) is 8.10. The van der Waals surface area contributed by atoms with Crippen molar-refractivity contribution in [1.29, 1.82) is 0 Å². The smallest absolute Gasteiger partial charge is 0.324 e. The summed E-state index contributed by atoms with van der Waals surface area (Å²) in [7, 11) is 1.78. The molecule has 0 saturated heterocycles. The molecule has 2 aromatic heterocycles. The number of fused-ring (bicyclic) bond motifs is 1. The highest BCUT2D eigenvalue weighted by atomic mass is 32.1. The minimum atomic E-state index is -0.0432. The number of amides is 2. The largest absolute Gasteiger partial charge is 0.343 e. The molecule has 1 saturated carbocycles. The molecule has 160 valence electrons. The summed E-state index contributed by atoms with van der Waals surface area (Å²) in [5.74, 6) is 1.28. The molecule has 2 aliphatic rings. The average molecular weight is 437 g/mol. The Kier molecular flexibility index (Phi) is 5.14. The zero-order chi connectivity index (χ0) is 21.4. The van der Waals surface area contributed by atoms with Crippen LogP contribution in [-0.4, -0.2) is 50.2 Å². The van der Waals surface area contributed by atoms with Gasteiger partial charge in [-0.2, -0.15) is 4.98 Å². The molecular formula is C21H24N8OS. The van der Waals surface area contributed by atoms with Crippen LogP contribution in [-0.2, 0) is 0 Å². The van der Waals surface area contributed by atoms with Gasteiger partial charge in [-0.15, -0.1) is 5.10 Å². The third-order valence-electron chi connectivity index (χ3n) is 5.86. The molecule has 2 amide bonds. The van der Waals surface area contributed by atoms with Crippen molar-refractivity contribution < 1.29 is 4.79 Å². The van der Waals surface area contributed by atoms with Gasteiger partial charge in [-0.1, -0.05) is 29.5 Å². The molecule has 0 spiro atoms. The molecule has 9 nitrogen and oxygen atoms in total. The van der Waals surface area contributed by atoms with Crippen molar-refractivity contribution in [2.24, 2.45) is 0 Å². The van der Waals surface area contributed by atoms with Crippen molar-refractivity contribution in [2.45, 2.75) is 38.6 Å². The fourth-order valence-corrected chi connectivity index (χ4v) is 4.73. The van der Waals surface area contributed by atoms with Crippen LogP contribution in [0.5, 0.6) is 0 Å². The first-order valence-electron chi connectivity index (χ1n) is 10.5. The van der Waals surface area contributed by atoms with Gasteiger partial charge in [0.25, 0.3) is 0 Å². The second-order valence-corrected chi connectivity index (χ2v) is 8.34. The van der Waals surface area contributed by atoms with Crippen molar-refractivity contribution in [3.05, 3.63) is 35.8 Å². The van der Waals surface area contributed by atoms with E-state index in [1.807, 2.05) is 36.6 Å². The normalized spacial score (nSPS) is 16.7. The lowest BCUT2D eigenvalue weighted by Crippen LogP contribution is -2.59. The first kappa shape index (κ1) is 19.7. The van der Waals surface area contributed by atoms with Crippen LogP contribution in [0, 0.1) is 0 Å². The van der Waals surface area contributed by atoms with Crippen molar-refractivity contribution in [3.63, 3.8) is 0 Å². The fourth-order valence-electron chi connectivity index (χ4n) is 4.26. The third-order valence-corrected chi connectivity index (χ3v) is 6.37. The maximum Gasteiger partial charge on any atom is 0.343 e.